The minimum absolute atomic E-state index is 0.121. The average Bonchev–Trinajstić information content (AvgIpc) is 2.93. The van der Waals surface area contributed by atoms with Crippen molar-refractivity contribution < 1.29 is 8.42 Å². The van der Waals surface area contributed by atoms with Gasteiger partial charge in [-0.3, -0.25) is 4.72 Å². The second-order valence-electron chi connectivity index (χ2n) is 8.65. The van der Waals surface area contributed by atoms with E-state index >= 15 is 0 Å². The fourth-order valence-electron chi connectivity index (χ4n) is 4.23. The van der Waals surface area contributed by atoms with E-state index in [9.17, 15) is 8.42 Å². The molecule has 0 saturated heterocycles. The molecule has 160 valence electrons. The van der Waals surface area contributed by atoms with Crippen LogP contribution in [0.2, 0.25) is 0 Å². The van der Waals surface area contributed by atoms with Gasteiger partial charge >= 0.3 is 0 Å². The number of anilines is 2. The third kappa shape index (κ3) is 3.81. The molecule has 1 saturated carbocycles. The Kier molecular flexibility index (Phi) is 5.53. The van der Waals surface area contributed by atoms with Crippen molar-refractivity contribution in [2.24, 2.45) is 0 Å². The van der Waals surface area contributed by atoms with E-state index in [4.69, 9.17) is 5.73 Å². The van der Waals surface area contributed by atoms with Crippen LogP contribution in [0.15, 0.2) is 42.5 Å². The maximum Gasteiger partial charge on any atom is 0.232 e. The molecule has 1 aromatic heterocycles. The van der Waals surface area contributed by atoms with E-state index in [1.165, 1.54) is 17.5 Å². The summed E-state index contributed by atoms with van der Waals surface area (Å²) in [6.45, 7) is 6.27. The zero-order valence-electron chi connectivity index (χ0n) is 18.0. The first-order valence-corrected chi connectivity index (χ1v) is 12.5. The predicted octanol–water partition coefficient (Wildman–Crippen LogP) is 5.89. The summed E-state index contributed by atoms with van der Waals surface area (Å²) in [5.74, 6) is 0.578. The number of rotatable bonds is 7. The molecule has 1 aliphatic rings. The van der Waals surface area contributed by atoms with Crippen molar-refractivity contribution in [3.05, 3.63) is 48.0 Å². The molecule has 0 spiro atoms. The maximum absolute atomic E-state index is 12.1. The lowest BCUT2D eigenvalue weighted by molar-refractivity contribution is 0.324. The zero-order chi connectivity index (χ0) is 21.5. The topological polar surface area (TPSA) is 77.1 Å². The molecule has 3 N–H and O–H groups in total. The summed E-state index contributed by atoms with van der Waals surface area (Å²) >= 11 is 0. The van der Waals surface area contributed by atoms with Crippen LogP contribution in [0.4, 0.5) is 11.4 Å². The minimum atomic E-state index is -3.30. The average molecular weight is 426 g/mol. The Hall–Kier alpha value is -2.47. The summed E-state index contributed by atoms with van der Waals surface area (Å²) in [6, 6.07) is 14.6. The lowest BCUT2D eigenvalue weighted by atomic mass is 9.92. The van der Waals surface area contributed by atoms with Crippen LogP contribution in [0, 0.1) is 0 Å². The van der Waals surface area contributed by atoms with Crippen LogP contribution in [-0.2, 0) is 10.0 Å². The number of fused-ring (bicyclic) bond motifs is 1. The van der Waals surface area contributed by atoms with Gasteiger partial charge in [0.1, 0.15) is 0 Å². The lowest BCUT2D eigenvalue weighted by Crippen LogP contribution is -2.18. The molecule has 5 nitrogen and oxygen atoms in total. The number of benzene rings is 2. The van der Waals surface area contributed by atoms with E-state index in [2.05, 4.69) is 41.3 Å². The fourth-order valence-corrected chi connectivity index (χ4v) is 5.36. The van der Waals surface area contributed by atoms with Crippen LogP contribution < -0.4 is 10.5 Å². The monoisotopic (exact) mass is 425 g/mol. The van der Waals surface area contributed by atoms with Crippen molar-refractivity contribution in [1.82, 2.24) is 4.57 Å². The van der Waals surface area contributed by atoms with E-state index in [0.29, 0.717) is 24.1 Å². The summed E-state index contributed by atoms with van der Waals surface area (Å²) in [7, 11) is -3.30. The first kappa shape index (κ1) is 20.8. The number of hydrogen-bond donors (Lipinski definition) is 2. The van der Waals surface area contributed by atoms with Crippen molar-refractivity contribution >= 4 is 32.3 Å². The molecule has 1 aliphatic carbocycles. The summed E-state index contributed by atoms with van der Waals surface area (Å²) in [5.41, 5.74) is 12.6. The van der Waals surface area contributed by atoms with Crippen molar-refractivity contribution in [3.8, 4) is 11.3 Å². The Balaban J connectivity index is 1.79. The van der Waals surface area contributed by atoms with Crippen LogP contribution in [0.5, 0.6) is 0 Å². The van der Waals surface area contributed by atoms with Gasteiger partial charge in [-0.1, -0.05) is 45.0 Å². The Labute approximate surface area is 179 Å². The van der Waals surface area contributed by atoms with Gasteiger partial charge in [0.05, 0.1) is 22.7 Å². The molecular formula is C24H31N3O2S. The SMILES string of the molecule is CCCS(=O)(=O)Nc1ccc(-c2c(N)c3ccc(C(C)C)cc3n2C2CCC2)cc1. The first-order valence-electron chi connectivity index (χ1n) is 10.8. The predicted molar refractivity (Wildman–Crippen MR) is 126 cm³/mol. The van der Waals surface area contributed by atoms with Gasteiger partial charge in [0.2, 0.25) is 10.0 Å². The number of nitrogens with one attached hydrogen (secondary N) is 1. The summed E-state index contributed by atoms with van der Waals surface area (Å²) in [6.07, 6.45) is 4.16. The molecule has 0 bridgehead atoms. The number of sulfonamides is 1. The van der Waals surface area contributed by atoms with E-state index < -0.39 is 10.0 Å². The quantitative estimate of drug-likeness (QED) is 0.495. The minimum Gasteiger partial charge on any atom is -0.396 e. The van der Waals surface area contributed by atoms with Crippen LogP contribution >= 0.6 is 0 Å². The number of aromatic nitrogens is 1. The van der Waals surface area contributed by atoms with Gasteiger partial charge in [-0.15, -0.1) is 0 Å². The Morgan fingerprint density at radius 3 is 2.40 bits per heavy atom. The molecule has 3 aromatic rings. The molecule has 0 unspecified atom stereocenters. The van der Waals surface area contributed by atoms with Gasteiger partial charge in [-0.25, -0.2) is 8.42 Å². The molecule has 1 heterocycles. The van der Waals surface area contributed by atoms with Crippen molar-refractivity contribution in [2.45, 2.75) is 58.4 Å². The van der Waals surface area contributed by atoms with Crippen LogP contribution in [0.3, 0.4) is 0 Å². The highest BCUT2D eigenvalue weighted by Crippen LogP contribution is 2.44. The first-order chi connectivity index (χ1) is 14.3. The second kappa shape index (κ2) is 7.99. The number of nitrogens with two attached hydrogens (primary N) is 1. The van der Waals surface area contributed by atoms with E-state index in [1.807, 2.05) is 31.2 Å². The van der Waals surface area contributed by atoms with Gasteiger partial charge in [-0.2, -0.15) is 0 Å². The van der Waals surface area contributed by atoms with Crippen LogP contribution in [-0.4, -0.2) is 18.7 Å². The van der Waals surface area contributed by atoms with Crippen molar-refractivity contribution in [2.75, 3.05) is 16.2 Å². The number of nitrogen functional groups attached to an aromatic ring is 1. The van der Waals surface area contributed by atoms with E-state index in [0.717, 1.165) is 35.2 Å². The van der Waals surface area contributed by atoms with Gasteiger partial charge in [0.15, 0.2) is 0 Å². The molecule has 0 aliphatic heterocycles. The molecule has 1 fully saturated rings. The van der Waals surface area contributed by atoms with E-state index in [-0.39, 0.29) is 5.75 Å². The second-order valence-corrected chi connectivity index (χ2v) is 10.5. The summed E-state index contributed by atoms with van der Waals surface area (Å²) < 4.78 is 29.2. The summed E-state index contributed by atoms with van der Waals surface area (Å²) in [4.78, 5) is 0. The third-order valence-corrected chi connectivity index (χ3v) is 7.57. The molecular weight excluding hydrogens is 394 g/mol. The maximum atomic E-state index is 12.1. The number of hydrogen-bond acceptors (Lipinski definition) is 3. The molecule has 0 atom stereocenters. The van der Waals surface area contributed by atoms with E-state index in [1.54, 1.807) is 0 Å². The Bertz CT molecular complexity index is 1160. The highest BCUT2D eigenvalue weighted by atomic mass is 32.2. The van der Waals surface area contributed by atoms with Crippen molar-refractivity contribution in [3.63, 3.8) is 0 Å². The molecule has 4 rings (SSSR count). The van der Waals surface area contributed by atoms with Crippen LogP contribution in [0.25, 0.3) is 22.2 Å². The zero-order valence-corrected chi connectivity index (χ0v) is 18.8. The van der Waals surface area contributed by atoms with Gasteiger partial charge < -0.3 is 10.3 Å². The van der Waals surface area contributed by atoms with Crippen molar-refractivity contribution in [1.29, 1.82) is 0 Å². The summed E-state index contributed by atoms with van der Waals surface area (Å²) in [5, 5.41) is 1.09. The molecule has 6 heteroatoms. The fraction of sp³-hybridized carbons (Fsp3) is 0.417. The highest BCUT2D eigenvalue weighted by molar-refractivity contribution is 7.92. The Morgan fingerprint density at radius 2 is 1.83 bits per heavy atom. The molecule has 0 amide bonds. The Morgan fingerprint density at radius 1 is 1.13 bits per heavy atom. The molecule has 30 heavy (non-hydrogen) atoms. The van der Waals surface area contributed by atoms with Gasteiger partial charge in [-0.05, 0) is 55.4 Å². The van der Waals surface area contributed by atoms with Gasteiger partial charge in [0, 0.05) is 22.7 Å². The van der Waals surface area contributed by atoms with Gasteiger partial charge in [0.25, 0.3) is 0 Å². The van der Waals surface area contributed by atoms with Crippen LogP contribution in [0.1, 0.15) is 64.0 Å². The lowest BCUT2D eigenvalue weighted by Gasteiger charge is -2.30. The normalized spacial score (nSPS) is 14.9. The molecule has 2 aromatic carbocycles. The largest absolute Gasteiger partial charge is 0.396 e. The highest BCUT2D eigenvalue weighted by Gasteiger charge is 2.27. The standard InChI is InChI=1S/C24H31N3O2S/c1-4-14-30(28,29)26-19-11-8-17(9-12-19)24-23(25)21-13-10-18(16(2)3)15-22(21)27(24)20-6-5-7-20/h8-13,15-16,20,26H,4-7,14,25H2,1-3H3. The number of nitrogens with zero attached hydrogens (tertiary/aromatic N) is 1. The smallest absolute Gasteiger partial charge is 0.232 e. The molecule has 0 radical (unpaired) electrons. The third-order valence-electron chi connectivity index (χ3n) is 6.08.